The van der Waals surface area contributed by atoms with Gasteiger partial charge in [-0.05, 0) is 19.3 Å². The van der Waals surface area contributed by atoms with Crippen molar-refractivity contribution in [3.05, 3.63) is 0 Å². The molecule has 0 spiro atoms. The Morgan fingerprint density at radius 2 is 2.00 bits per heavy atom. The molecule has 23 heavy (non-hydrogen) atoms. The molecule has 0 aromatic carbocycles. The maximum absolute atomic E-state index is 12.3. The van der Waals surface area contributed by atoms with Crippen molar-refractivity contribution in [3.63, 3.8) is 0 Å². The molecule has 0 radical (unpaired) electrons. The first kappa shape index (κ1) is 18.0. The van der Waals surface area contributed by atoms with Crippen LogP contribution in [0.15, 0.2) is 0 Å². The van der Waals surface area contributed by atoms with Crippen molar-refractivity contribution in [2.24, 2.45) is 5.41 Å². The summed E-state index contributed by atoms with van der Waals surface area (Å²) in [4.78, 5) is 29.0. The first-order valence-corrected chi connectivity index (χ1v) is 8.21. The first-order chi connectivity index (χ1) is 10.9. The number of piperidine rings is 1. The van der Waals surface area contributed by atoms with E-state index in [1.54, 1.807) is 33.1 Å². The van der Waals surface area contributed by atoms with Crippen molar-refractivity contribution in [1.82, 2.24) is 14.7 Å². The number of nitrogens with zero attached hydrogens (tertiary/aromatic N) is 3. The van der Waals surface area contributed by atoms with Crippen molar-refractivity contribution < 1.29 is 19.1 Å². The molecule has 0 aromatic heterocycles. The summed E-state index contributed by atoms with van der Waals surface area (Å²) < 4.78 is 11.7. The summed E-state index contributed by atoms with van der Waals surface area (Å²) >= 11 is 0. The Morgan fingerprint density at radius 1 is 1.26 bits per heavy atom. The number of likely N-dealkylation sites (N-methyl/N-ethyl adjacent to an activating group) is 1. The van der Waals surface area contributed by atoms with Crippen LogP contribution in [0, 0.1) is 5.41 Å². The van der Waals surface area contributed by atoms with Gasteiger partial charge in [0.05, 0.1) is 12.7 Å². The first-order valence-electron chi connectivity index (χ1n) is 8.21. The van der Waals surface area contributed by atoms with Crippen LogP contribution in [-0.4, -0.2) is 93.8 Å². The lowest BCUT2D eigenvalue weighted by Gasteiger charge is -2.50. The van der Waals surface area contributed by atoms with Crippen LogP contribution in [0.5, 0.6) is 0 Å². The highest BCUT2D eigenvalue weighted by Crippen LogP contribution is 2.40. The summed E-state index contributed by atoms with van der Waals surface area (Å²) in [6.07, 6.45) is 2.86. The van der Waals surface area contributed by atoms with Crippen LogP contribution < -0.4 is 0 Å². The molecular weight excluding hydrogens is 298 g/mol. The zero-order valence-corrected chi connectivity index (χ0v) is 14.7. The molecule has 0 unspecified atom stereocenters. The predicted octanol–water partition coefficient (Wildman–Crippen LogP) is 0.644. The maximum atomic E-state index is 12.3. The molecule has 7 nitrogen and oxygen atoms in total. The lowest BCUT2D eigenvalue weighted by atomic mass is 9.73. The average Bonchev–Trinajstić information content (AvgIpc) is 2.53. The second-order valence-corrected chi connectivity index (χ2v) is 6.99. The number of hydrogen-bond acceptors (Lipinski definition) is 4. The standard InChI is InChI=1S/C16H29N3O4/c1-17(2)14(20)10-22-12-16-7-5-9-23-13(16)6-8-19(11-16)15(21)18(3)4/h13H,5-12H2,1-4H3/t13-,16-/m0/s1. The minimum absolute atomic E-state index is 0.0257. The van der Waals surface area contributed by atoms with Crippen LogP contribution in [0.25, 0.3) is 0 Å². The molecule has 0 aliphatic carbocycles. The van der Waals surface area contributed by atoms with Gasteiger partial charge in [0, 0.05) is 53.3 Å². The fraction of sp³-hybridized carbons (Fsp3) is 0.875. The van der Waals surface area contributed by atoms with E-state index in [9.17, 15) is 9.59 Å². The molecule has 2 heterocycles. The minimum atomic E-state index is -0.200. The van der Waals surface area contributed by atoms with E-state index in [1.165, 1.54) is 4.90 Å². The zero-order valence-electron chi connectivity index (χ0n) is 14.7. The second kappa shape index (κ2) is 7.49. The molecule has 2 aliphatic rings. The number of carbonyl (C=O) groups is 2. The highest BCUT2D eigenvalue weighted by molar-refractivity contribution is 5.76. The molecule has 0 bridgehead atoms. The third-order valence-electron chi connectivity index (χ3n) is 4.75. The van der Waals surface area contributed by atoms with Gasteiger partial charge in [0.1, 0.15) is 6.61 Å². The van der Waals surface area contributed by atoms with Gasteiger partial charge in [0.15, 0.2) is 0 Å². The summed E-state index contributed by atoms with van der Waals surface area (Å²) in [6.45, 7) is 2.63. The van der Waals surface area contributed by atoms with Gasteiger partial charge in [0.25, 0.3) is 0 Å². The highest BCUT2D eigenvalue weighted by atomic mass is 16.5. The van der Waals surface area contributed by atoms with Crippen molar-refractivity contribution >= 4 is 11.9 Å². The zero-order chi connectivity index (χ0) is 17.0. The molecule has 0 saturated carbocycles. The van der Waals surface area contributed by atoms with Gasteiger partial charge in [-0.25, -0.2) is 4.79 Å². The number of amides is 3. The summed E-state index contributed by atoms with van der Waals surface area (Å²) in [7, 11) is 6.97. The number of ether oxygens (including phenoxy) is 2. The number of fused-ring (bicyclic) bond motifs is 1. The summed E-state index contributed by atoms with van der Waals surface area (Å²) in [5.74, 6) is -0.0493. The van der Waals surface area contributed by atoms with Gasteiger partial charge in [-0.1, -0.05) is 0 Å². The topological polar surface area (TPSA) is 62.3 Å². The Kier molecular flexibility index (Phi) is 5.86. The van der Waals surface area contributed by atoms with E-state index in [0.717, 1.165) is 25.9 Å². The molecule has 132 valence electrons. The van der Waals surface area contributed by atoms with Crippen molar-refractivity contribution in [1.29, 1.82) is 0 Å². The van der Waals surface area contributed by atoms with Crippen LogP contribution in [0.1, 0.15) is 19.3 Å². The molecule has 7 heteroatoms. The molecule has 2 aliphatic heterocycles. The minimum Gasteiger partial charge on any atom is -0.377 e. The number of urea groups is 1. The van der Waals surface area contributed by atoms with Crippen molar-refractivity contribution in [3.8, 4) is 0 Å². The Labute approximate surface area is 138 Å². The lowest BCUT2D eigenvalue weighted by Crippen LogP contribution is -2.59. The second-order valence-electron chi connectivity index (χ2n) is 6.99. The van der Waals surface area contributed by atoms with Gasteiger partial charge in [-0.2, -0.15) is 0 Å². The quantitative estimate of drug-likeness (QED) is 0.760. The largest absolute Gasteiger partial charge is 0.377 e. The highest BCUT2D eigenvalue weighted by Gasteiger charge is 2.47. The summed E-state index contributed by atoms with van der Waals surface area (Å²) in [5, 5.41) is 0. The van der Waals surface area contributed by atoms with Gasteiger partial charge in [-0.3, -0.25) is 4.79 Å². The van der Waals surface area contributed by atoms with E-state index >= 15 is 0 Å². The number of carbonyl (C=O) groups excluding carboxylic acids is 2. The van der Waals surface area contributed by atoms with Crippen LogP contribution in [-0.2, 0) is 14.3 Å². The van der Waals surface area contributed by atoms with Gasteiger partial charge in [0.2, 0.25) is 5.91 Å². The third kappa shape index (κ3) is 4.14. The molecule has 3 amide bonds. The maximum Gasteiger partial charge on any atom is 0.319 e. The molecule has 2 rings (SSSR count). The Morgan fingerprint density at radius 3 is 2.65 bits per heavy atom. The van der Waals surface area contributed by atoms with E-state index < -0.39 is 0 Å². The predicted molar refractivity (Wildman–Crippen MR) is 86.2 cm³/mol. The van der Waals surface area contributed by atoms with Crippen molar-refractivity contribution in [2.45, 2.75) is 25.4 Å². The molecular formula is C16H29N3O4. The number of hydrogen-bond donors (Lipinski definition) is 0. The third-order valence-corrected chi connectivity index (χ3v) is 4.75. The molecule has 2 atom stereocenters. The molecule has 0 aromatic rings. The lowest BCUT2D eigenvalue weighted by molar-refractivity contribution is -0.155. The monoisotopic (exact) mass is 327 g/mol. The van der Waals surface area contributed by atoms with E-state index in [4.69, 9.17) is 9.47 Å². The van der Waals surface area contributed by atoms with E-state index in [0.29, 0.717) is 19.7 Å². The average molecular weight is 327 g/mol. The molecule has 2 saturated heterocycles. The van der Waals surface area contributed by atoms with Gasteiger partial charge < -0.3 is 24.2 Å². The normalized spacial score (nSPS) is 27.3. The summed E-state index contributed by atoms with van der Waals surface area (Å²) in [6, 6.07) is 0.0257. The van der Waals surface area contributed by atoms with Crippen LogP contribution in [0.4, 0.5) is 4.79 Å². The van der Waals surface area contributed by atoms with E-state index in [-0.39, 0.29) is 30.1 Å². The Hall–Kier alpha value is -1.34. The Balaban J connectivity index is 2.02. The van der Waals surface area contributed by atoms with E-state index in [2.05, 4.69) is 0 Å². The van der Waals surface area contributed by atoms with Crippen LogP contribution in [0.3, 0.4) is 0 Å². The Bertz CT molecular complexity index is 441. The SMILES string of the molecule is CN(C)C(=O)COC[C@@]12CCCO[C@H]1CCN(C(=O)N(C)C)C2. The summed E-state index contributed by atoms with van der Waals surface area (Å²) in [5.41, 5.74) is -0.200. The van der Waals surface area contributed by atoms with Crippen LogP contribution >= 0.6 is 0 Å². The fourth-order valence-corrected chi connectivity index (χ4v) is 3.42. The van der Waals surface area contributed by atoms with Gasteiger partial charge in [-0.15, -0.1) is 0 Å². The molecule has 0 N–H and O–H groups in total. The fourth-order valence-electron chi connectivity index (χ4n) is 3.42. The number of likely N-dealkylation sites (tertiary alicyclic amines) is 1. The smallest absolute Gasteiger partial charge is 0.319 e. The van der Waals surface area contributed by atoms with Gasteiger partial charge >= 0.3 is 6.03 Å². The van der Waals surface area contributed by atoms with Crippen LogP contribution in [0.2, 0.25) is 0 Å². The molecule has 2 fully saturated rings. The number of rotatable bonds is 4. The van der Waals surface area contributed by atoms with E-state index in [1.807, 2.05) is 4.90 Å². The van der Waals surface area contributed by atoms with Crippen molar-refractivity contribution in [2.75, 3.05) is 61.1 Å².